The van der Waals surface area contributed by atoms with E-state index in [1.54, 1.807) is 7.11 Å². The summed E-state index contributed by atoms with van der Waals surface area (Å²) in [6.45, 7) is 8.35. The van der Waals surface area contributed by atoms with Crippen LogP contribution in [0.15, 0.2) is 22.7 Å². The van der Waals surface area contributed by atoms with Gasteiger partial charge in [-0.25, -0.2) is 0 Å². The summed E-state index contributed by atoms with van der Waals surface area (Å²) in [5.74, 6) is 0.781. The first kappa shape index (κ1) is 15.8. The number of hydrogen-bond donors (Lipinski definition) is 1. The fraction of sp³-hybridized carbons (Fsp3) is 0.625. The van der Waals surface area contributed by atoms with E-state index in [0.29, 0.717) is 6.04 Å². The molecule has 0 amide bonds. The zero-order chi connectivity index (χ0) is 14.5. The van der Waals surface area contributed by atoms with E-state index in [2.05, 4.69) is 58.2 Å². The van der Waals surface area contributed by atoms with E-state index in [-0.39, 0.29) is 0 Å². The van der Waals surface area contributed by atoms with Gasteiger partial charge in [-0.3, -0.25) is 0 Å². The van der Waals surface area contributed by atoms with Crippen molar-refractivity contribution >= 4 is 21.6 Å². The van der Waals surface area contributed by atoms with Gasteiger partial charge in [-0.05, 0) is 43.0 Å². The summed E-state index contributed by atoms with van der Waals surface area (Å²) >= 11 is 3.58. The van der Waals surface area contributed by atoms with Crippen molar-refractivity contribution in [2.45, 2.75) is 32.9 Å². The Kier molecular flexibility index (Phi) is 5.87. The quantitative estimate of drug-likeness (QED) is 0.803. The van der Waals surface area contributed by atoms with E-state index in [4.69, 9.17) is 4.74 Å². The summed E-state index contributed by atoms with van der Waals surface area (Å²) in [7, 11) is 1.74. The first-order chi connectivity index (χ1) is 9.61. The van der Waals surface area contributed by atoms with Crippen molar-refractivity contribution in [1.82, 2.24) is 5.32 Å². The normalized spacial score (nSPS) is 22.5. The number of nitrogens with one attached hydrogen (secondary N) is 1. The van der Waals surface area contributed by atoms with E-state index in [9.17, 15) is 0 Å². The highest BCUT2D eigenvalue weighted by Crippen LogP contribution is 2.32. The first-order valence-corrected chi connectivity index (χ1v) is 8.16. The van der Waals surface area contributed by atoms with E-state index < -0.39 is 0 Å². The molecule has 1 aromatic rings. The summed E-state index contributed by atoms with van der Waals surface area (Å²) in [5, 5.41) is 3.45. The maximum atomic E-state index is 5.08. The number of halogens is 1. The van der Waals surface area contributed by atoms with Crippen LogP contribution in [0, 0.1) is 5.92 Å². The van der Waals surface area contributed by atoms with Gasteiger partial charge in [0.15, 0.2) is 0 Å². The van der Waals surface area contributed by atoms with Crippen molar-refractivity contribution in [3.8, 4) is 0 Å². The second-order valence-electron chi connectivity index (χ2n) is 5.78. The standard InChI is InChI=1S/C16H25BrN2O/c1-12-8-13(2)19(11-12)16-5-4-15(17)9-14(16)10-18-6-7-20-3/h4-5,9,12-13,18H,6-8,10-11H2,1-3H3. The molecule has 2 atom stereocenters. The second-order valence-corrected chi connectivity index (χ2v) is 6.70. The number of hydrogen-bond acceptors (Lipinski definition) is 3. The van der Waals surface area contributed by atoms with Crippen LogP contribution in [0.25, 0.3) is 0 Å². The van der Waals surface area contributed by atoms with Gasteiger partial charge in [-0.2, -0.15) is 0 Å². The van der Waals surface area contributed by atoms with Crippen LogP contribution in [0.2, 0.25) is 0 Å². The zero-order valence-corrected chi connectivity index (χ0v) is 14.2. The highest BCUT2D eigenvalue weighted by molar-refractivity contribution is 9.10. The number of nitrogens with zero attached hydrogens (tertiary/aromatic N) is 1. The van der Waals surface area contributed by atoms with Gasteiger partial charge >= 0.3 is 0 Å². The lowest BCUT2D eigenvalue weighted by Crippen LogP contribution is -2.29. The molecule has 0 bridgehead atoms. The Morgan fingerprint density at radius 3 is 2.85 bits per heavy atom. The topological polar surface area (TPSA) is 24.5 Å². The van der Waals surface area contributed by atoms with E-state index >= 15 is 0 Å². The minimum atomic E-state index is 0.629. The molecule has 0 saturated carbocycles. The third kappa shape index (κ3) is 3.96. The molecule has 1 aliphatic rings. The summed E-state index contributed by atoms with van der Waals surface area (Å²) in [4.78, 5) is 2.55. The Morgan fingerprint density at radius 1 is 1.40 bits per heavy atom. The van der Waals surface area contributed by atoms with Gasteiger partial charge in [0.25, 0.3) is 0 Å². The molecule has 4 heteroatoms. The lowest BCUT2D eigenvalue weighted by molar-refractivity contribution is 0.199. The Hall–Kier alpha value is -0.580. The zero-order valence-electron chi connectivity index (χ0n) is 12.7. The van der Waals surface area contributed by atoms with Crippen molar-refractivity contribution in [1.29, 1.82) is 0 Å². The van der Waals surface area contributed by atoms with Crippen LogP contribution >= 0.6 is 15.9 Å². The van der Waals surface area contributed by atoms with Crippen LogP contribution in [0.4, 0.5) is 5.69 Å². The van der Waals surface area contributed by atoms with Crippen molar-refractivity contribution in [2.75, 3.05) is 31.7 Å². The van der Waals surface area contributed by atoms with Crippen LogP contribution in [-0.2, 0) is 11.3 Å². The lowest BCUT2D eigenvalue weighted by atomic mass is 10.1. The van der Waals surface area contributed by atoms with Crippen LogP contribution in [-0.4, -0.2) is 32.8 Å². The predicted molar refractivity (Wildman–Crippen MR) is 88.3 cm³/mol. The van der Waals surface area contributed by atoms with Crippen LogP contribution in [0.5, 0.6) is 0 Å². The minimum Gasteiger partial charge on any atom is -0.383 e. The summed E-state index contributed by atoms with van der Waals surface area (Å²) in [6, 6.07) is 7.24. The van der Waals surface area contributed by atoms with E-state index in [1.807, 2.05) is 0 Å². The maximum Gasteiger partial charge on any atom is 0.0587 e. The molecule has 3 nitrogen and oxygen atoms in total. The van der Waals surface area contributed by atoms with Gasteiger partial charge in [0, 0.05) is 42.9 Å². The number of ether oxygens (including phenoxy) is 1. The van der Waals surface area contributed by atoms with Crippen molar-refractivity contribution in [2.24, 2.45) is 5.92 Å². The smallest absolute Gasteiger partial charge is 0.0587 e. The van der Waals surface area contributed by atoms with Crippen molar-refractivity contribution in [3.05, 3.63) is 28.2 Å². The Bertz CT molecular complexity index is 438. The second kappa shape index (κ2) is 7.43. The number of benzene rings is 1. The van der Waals surface area contributed by atoms with Crippen molar-refractivity contribution in [3.63, 3.8) is 0 Å². The highest BCUT2D eigenvalue weighted by Gasteiger charge is 2.27. The molecule has 0 aromatic heterocycles. The van der Waals surface area contributed by atoms with Crippen LogP contribution in [0.3, 0.4) is 0 Å². The molecule has 1 aliphatic heterocycles. The van der Waals surface area contributed by atoms with Gasteiger partial charge in [0.05, 0.1) is 6.61 Å². The van der Waals surface area contributed by atoms with E-state index in [0.717, 1.165) is 36.6 Å². The van der Waals surface area contributed by atoms with Gasteiger partial charge in [0.1, 0.15) is 0 Å². The van der Waals surface area contributed by atoms with Gasteiger partial charge in [0.2, 0.25) is 0 Å². The average molecular weight is 341 g/mol. The molecule has 20 heavy (non-hydrogen) atoms. The number of anilines is 1. The Balaban J connectivity index is 2.11. The third-order valence-electron chi connectivity index (χ3n) is 3.93. The van der Waals surface area contributed by atoms with Gasteiger partial charge < -0.3 is 15.0 Å². The van der Waals surface area contributed by atoms with Crippen LogP contribution < -0.4 is 10.2 Å². The molecule has 0 aliphatic carbocycles. The fourth-order valence-electron chi connectivity index (χ4n) is 3.01. The van der Waals surface area contributed by atoms with Gasteiger partial charge in [-0.15, -0.1) is 0 Å². The molecule has 112 valence electrons. The molecule has 1 heterocycles. The number of rotatable bonds is 6. The average Bonchev–Trinajstić information content (AvgIpc) is 2.74. The summed E-state index contributed by atoms with van der Waals surface area (Å²) < 4.78 is 6.23. The Labute approximate surface area is 130 Å². The molecule has 1 fully saturated rings. The van der Waals surface area contributed by atoms with E-state index in [1.165, 1.54) is 17.7 Å². The molecule has 1 N–H and O–H groups in total. The highest BCUT2D eigenvalue weighted by atomic mass is 79.9. The number of methoxy groups -OCH3 is 1. The largest absolute Gasteiger partial charge is 0.383 e. The molecule has 1 saturated heterocycles. The van der Waals surface area contributed by atoms with Gasteiger partial charge in [-0.1, -0.05) is 22.9 Å². The molecule has 0 spiro atoms. The predicted octanol–water partition coefficient (Wildman–Crippen LogP) is 3.42. The van der Waals surface area contributed by atoms with Crippen LogP contribution in [0.1, 0.15) is 25.8 Å². The maximum absolute atomic E-state index is 5.08. The summed E-state index contributed by atoms with van der Waals surface area (Å²) in [5.41, 5.74) is 2.73. The third-order valence-corrected chi connectivity index (χ3v) is 4.43. The first-order valence-electron chi connectivity index (χ1n) is 7.36. The molecule has 1 aromatic carbocycles. The molecule has 2 rings (SSSR count). The SMILES string of the molecule is COCCNCc1cc(Br)ccc1N1CC(C)CC1C. The fourth-order valence-corrected chi connectivity index (χ4v) is 3.42. The summed E-state index contributed by atoms with van der Waals surface area (Å²) in [6.07, 6.45) is 1.28. The van der Waals surface area contributed by atoms with Crippen molar-refractivity contribution < 1.29 is 4.74 Å². The molecule has 2 unspecified atom stereocenters. The Morgan fingerprint density at radius 2 is 2.20 bits per heavy atom. The molecular formula is C16H25BrN2O. The molecular weight excluding hydrogens is 316 g/mol. The monoisotopic (exact) mass is 340 g/mol. The molecule has 0 radical (unpaired) electrons. The lowest BCUT2D eigenvalue weighted by Gasteiger charge is -2.27. The minimum absolute atomic E-state index is 0.629.